The topological polar surface area (TPSA) is 60.8 Å². The third-order valence-corrected chi connectivity index (χ3v) is 3.83. The van der Waals surface area contributed by atoms with Crippen molar-refractivity contribution in [3.05, 3.63) is 0 Å². The second-order valence-corrected chi connectivity index (χ2v) is 5.47. The third-order valence-electron chi connectivity index (χ3n) is 2.76. The van der Waals surface area contributed by atoms with Gasteiger partial charge in [-0.15, -0.1) is 11.8 Å². The van der Waals surface area contributed by atoms with Gasteiger partial charge in [-0.1, -0.05) is 6.92 Å². The van der Waals surface area contributed by atoms with Gasteiger partial charge in [-0.3, -0.25) is 4.79 Å². The highest BCUT2D eigenvalue weighted by atomic mass is 32.2. The van der Waals surface area contributed by atoms with Crippen LogP contribution in [0.1, 0.15) is 19.8 Å². The molecule has 1 rings (SSSR count). The molecule has 0 aromatic heterocycles. The van der Waals surface area contributed by atoms with Gasteiger partial charge in [0.1, 0.15) is 0 Å². The Morgan fingerprint density at radius 1 is 1.62 bits per heavy atom. The molecule has 1 fully saturated rings. The van der Waals surface area contributed by atoms with Crippen molar-refractivity contribution in [2.75, 3.05) is 31.2 Å². The quantitative estimate of drug-likeness (QED) is 0.735. The minimum Gasteiger partial charge on any atom is -0.394 e. The number of rotatable bonds is 5. The lowest BCUT2D eigenvalue weighted by atomic mass is 10.0. The number of carbonyl (C=O) groups is 1. The molecule has 1 aliphatic rings. The molecule has 0 saturated carbocycles. The number of amides is 1. The largest absolute Gasteiger partial charge is 0.394 e. The van der Waals surface area contributed by atoms with Gasteiger partial charge in [0.25, 0.3) is 0 Å². The van der Waals surface area contributed by atoms with Crippen molar-refractivity contribution >= 4 is 17.7 Å². The second-order valence-electron chi connectivity index (χ2n) is 4.44. The molecule has 0 aromatic carbocycles. The number of carbonyl (C=O) groups excluding carboxylic acids is 1. The number of hydrogen-bond acceptors (Lipinski definition) is 4. The van der Waals surface area contributed by atoms with E-state index in [1.807, 2.05) is 4.90 Å². The predicted molar refractivity (Wildman–Crippen MR) is 65.4 cm³/mol. The summed E-state index contributed by atoms with van der Waals surface area (Å²) in [5.74, 6) is 1.59. The first-order valence-corrected chi connectivity index (χ1v) is 6.93. The second kappa shape index (κ2) is 7.14. The van der Waals surface area contributed by atoms with Crippen LogP contribution in [0.5, 0.6) is 0 Å². The van der Waals surface area contributed by atoms with Gasteiger partial charge in [-0.25, -0.2) is 0 Å². The molecule has 0 spiro atoms. The van der Waals surface area contributed by atoms with Crippen molar-refractivity contribution in [3.63, 3.8) is 0 Å². The van der Waals surface area contributed by atoms with Crippen LogP contribution in [0.4, 0.5) is 0 Å². The van der Waals surface area contributed by atoms with E-state index in [0.29, 0.717) is 17.4 Å². The molecule has 4 nitrogen and oxygen atoms in total. The molecule has 16 heavy (non-hydrogen) atoms. The molecule has 2 unspecified atom stereocenters. The molecule has 2 N–H and O–H groups in total. The zero-order valence-electron chi connectivity index (χ0n) is 9.76. The van der Waals surface area contributed by atoms with Gasteiger partial charge in [-0.05, 0) is 18.8 Å². The van der Waals surface area contributed by atoms with Crippen LogP contribution in [0.2, 0.25) is 0 Å². The van der Waals surface area contributed by atoms with Crippen LogP contribution in [0.3, 0.4) is 0 Å². The fourth-order valence-corrected chi connectivity index (χ4v) is 2.69. The summed E-state index contributed by atoms with van der Waals surface area (Å²) in [5, 5.41) is 17.8. The van der Waals surface area contributed by atoms with Crippen molar-refractivity contribution in [2.24, 2.45) is 5.92 Å². The van der Waals surface area contributed by atoms with Crippen LogP contribution in [-0.2, 0) is 4.79 Å². The minimum atomic E-state index is -0.710. The molecule has 0 aromatic rings. The van der Waals surface area contributed by atoms with Gasteiger partial charge >= 0.3 is 0 Å². The Morgan fingerprint density at radius 3 is 3.00 bits per heavy atom. The van der Waals surface area contributed by atoms with Gasteiger partial charge in [0.2, 0.25) is 5.91 Å². The molecular formula is C11H21NO3S. The van der Waals surface area contributed by atoms with Crippen LogP contribution in [0.25, 0.3) is 0 Å². The summed E-state index contributed by atoms with van der Waals surface area (Å²) < 4.78 is 0. The summed E-state index contributed by atoms with van der Waals surface area (Å²) in [6, 6.07) is 0. The van der Waals surface area contributed by atoms with Crippen LogP contribution in [-0.4, -0.2) is 58.3 Å². The maximum Gasteiger partial charge on any atom is 0.232 e. The number of piperidine rings is 1. The average molecular weight is 247 g/mol. The number of aliphatic hydroxyl groups excluding tert-OH is 2. The first-order chi connectivity index (χ1) is 7.63. The Labute approximate surface area is 101 Å². The first-order valence-electron chi connectivity index (χ1n) is 5.78. The molecule has 94 valence electrons. The number of likely N-dealkylation sites (tertiary alicyclic amines) is 1. The molecule has 0 radical (unpaired) electrons. The number of hydrogen-bond donors (Lipinski definition) is 2. The molecule has 1 heterocycles. The number of nitrogens with zero attached hydrogens (tertiary/aromatic N) is 1. The monoisotopic (exact) mass is 247 g/mol. The lowest BCUT2D eigenvalue weighted by Gasteiger charge is -2.30. The molecule has 1 saturated heterocycles. The lowest BCUT2D eigenvalue weighted by molar-refractivity contribution is -0.130. The van der Waals surface area contributed by atoms with E-state index in [4.69, 9.17) is 10.2 Å². The smallest absolute Gasteiger partial charge is 0.232 e. The summed E-state index contributed by atoms with van der Waals surface area (Å²) in [4.78, 5) is 13.7. The van der Waals surface area contributed by atoms with Gasteiger partial charge in [0.05, 0.1) is 18.5 Å². The van der Waals surface area contributed by atoms with Crippen molar-refractivity contribution in [2.45, 2.75) is 25.9 Å². The highest BCUT2D eigenvalue weighted by Gasteiger charge is 2.20. The van der Waals surface area contributed by atoms with Crippen LogP contribution in [0, 0.1) is 5.92 Å². The van der Waals surface area contributed by atoms with Gasteiger partial charge < -0.3 is 15.1 Å². The zero-order chi connectivity index (χ0) is 12.0. The Morgan fingerprint density at radius 2 is 2.38 bits per heavy atom. The van der Waals surface area contributed by atoms with Gasteiger partial charge in [-0.2, -0.15) is 0 Å². The fourth-order valence-electron chi connectivity index (χ4n) is 1.84. The Kier molecular flexibility index (Phi) is 6.16. The van der Waals surface area contributed by atoms with E-state index in [1.54, 1.807) is 0 Å². The zero-order valence-corrected chi connectivity index (χ0v) is 10.6. The summed E-state index contributed by atoms with van der Waals surface area (Å²) in [6.07, 6.45) is 1.59. The van der Waals surface area contributed by atoms with Gasteiger partial charge in [0.15, 0.2) is 0 Å². The van der Waals surface area contributed by atoms with E-state index < -0.39 is 6.10 Å². The molecular weight excluding hydrogens is 226 g/mol. The van der Waals surface area contributed by atoms with E-state index in [1.165, 1.54) is 18.2 Å². The Balaban J connectivity index is 2.19. The van der Waals surface area contributed by atoms with Crippen molar-refractivity contribution in [1.29, 1.82) is 0 Å². The Bertz CT molecular complexity index is 225. The van der Waals surface area contributed by atoms with E-state index in [-0.39, 0.29) is 12.5 Å². The highest BCUT2D eigenvalue weighted by Crippen LogP contribution is 2.16. The van der Waals surface area contributed by atoms with Crippen molar-refractivity contribution in [3.8, 4) is 0 Å². The normalized spacial score (nSPS) is 23.2. The van der Waals surface area contributed by atoms with Gasteiger partial charge in [0, 0.05) is 18.8 Å². The SMILES string of the molecule is CC1CCCN(C(=O)CSCC(O)CO)C1. The average Bonchev–Trinajstić information content (AvgIpc) is 2.28. The fraction of sp³-hybridized carbons (Fsp3) is 0.909. The molecule has 5 heteroatoms. The number of thioether (sulfide) groups is 1. The summed E-state index contributed by atoms with van der Waals surface area (Å²) in [7, 11) is 0. The maximum atomic E-state index is 11.8. The molecule has 1 amide bonds. The first kappa shape index (κ1) is 13.8. The van der Waals surface area contributed by atoms with E-state index >= 15 is 0 Å². The van der Waals surface area contributed by atoms with Crippen LogP contribution in [0.15, 0.2) is 0 Å². The van der Waals surface area contributed by atoms with Crippen LogP contribution >= 0.6 is 11.8 Å². The predicted octanol–water partition coefficient (Wildman–Crippen LogP) is 0.331. The molecule has 2 atom stereocenters. The molecule has 1 aliphatic heterocycles. The molecule has 0 aliphatic carbocycles. The summed E-state index contributed by atoms with van der Waals surface area (Å²) in [5.41, 5.74) is 0. The Hall–Kier alpha value is -0.260. The highest BCUT2D eigenvalue weighted by molar-refractivity contribution is 7.99. The standard InChI is InChI=1S/C11H21NO3S/c1-9-3-2-4-12(5-9)11(15)8-16-7-10(14)6-13/h9-10,13-14H,2-8H2,1H3. The minimum absolute atomic E-state index is 0.154. The van der Waals surface area contributed by atoms with E-state index in [9.17, 15) is 4.79 Å². The van der Waals surface area contributed by atoms with E-state index in [2.05, 4.69) is 6.92 Å². The van der Waals surface area contributed by atoms with Crippen molar-refractivity contribution < 1.29 is 15.0 Å². The molecule has 0 bridgehead atoms. The summed E-state index contributed by atoms with van der Waals surface area (Å²) in [6.45, 7) is 3.66. The maximum absolute atomic E-state index is 11.8. The van der Waals surface area contributed by atoms with Crippen molar-refractivity contribution in [1.82, 2.24) is 4.90 Å². The number of aliphatic hydroxyl groups is 2. The summed E-state index contributed by atoms with van der Waals surface area (Å²) >= 11 is 1.39. The van der Waals surface area contributed by atoms with E-state index in [0.717, 1.165) is 19.5 Å². The lowest BCUT2D eigenvalue weighted by Crippen LogP contribution is -2.40. The third kappa shape index (κ3) is 4.72. The van der Waals surface area contributed by atoms with Crippen LogP contribution < -0.4 is 0 Å².